The molecule has 2 heteroatoms. The maximum absolute atomic E-state index is 6.21. The largest absolute Gasteiger partial charge is 0.375 e. The van der Waals surface area contributed by atoms with Gasteiger partial charge < -0.3 is 4.74 Å². The molecule has 19 heavy (non-hydrogen) atoms. The van der Waals surface area contributed by atoms with E-state index in [0.29, 0.717) is 16.9 Å². The molecule has 0 amide bonds. The van der Waals surface area contributed by atoms with Gasteiger partial charge in [0.25, 0.3) is 0 Å². The van der Waals surface area contributed by atoms with E-state index in [4.69, 9.17) is 4.74 Å². The molecule has 0 saturated carbocycles. The molecule has 2 rings (SSSR count). The van der Waals surface area contributed by atoms with Crippen molar-refractivity contribution in [1.29, 1.82) is 0 Å². The van der Waals surface area contributed by atoms with E-state index in [2.05, 4.69) is 46.4 Å². The van der Waals surface area contributed by atoms with Crippen LogP contribution in [0.5, 0.6) is 0 Å². The van der Waals surface area contributed by atoms with Gasteiger partial charge >= 0.3 is 0 Å². The first kappa shape index (κ1) is 15.3. The Labute approximate surface area is 119 Å². The van der Waals surface area contributed by atoms with Crippen molar-refractivity contribution < 1.29 is 4.74 Å². The zero-order valence-electron chi connectivity index (χ0n) is 13.9. The topological polar surface area (TPSA) is 12.5 Å². The Bertz CT molecular complexity index is 300. The smallest absolute Gasteiger partial charge is 0.0598 e. The predicted octanol–water partition coefficient (Wildman–Crippen LogP) is 4.09. The zero-order valence-corrected chi connectivity index (χ0v) is 13.9. The highest BCUT2D eigenvalue weighted by atomic mass is 16.5. The molecule has 0 aromatic heterocycles. The fourth-order valence-corrected chi connectivity index (χ4v) is 4.26. The minimum atomic E-state index is -0.0256. The van der Waals surface area contributed by atoms with Crippen LogP contribution in [0.4, 0.5) is 0 Å². The third-order valence-electron chi connectivity index (χ3n) is 5.08. The van der Waals surface area contributed by atoms with Crippen LogP contribution in [0.3, 0.4) is 0 Å². The first-order valence-corrected chi connectivity index (χ1v) is 8.04. The number of ether oxygens (including phenoxy) is 1. The van der Waals surface area contributed by atoms with E-state index >= 15 is 0 Å². The fraction of sp³-hybridized carbons (Fsp3) is 1.00. The van der Waals surface area contributed by atoms with Crippen molar-refractivity contribution in [1.82, 2.24) is 4.90 Å². The van der Waals surface area contributed by atoms with Crippen LogP contribution in [-0.4, -0.2) is 35.7 Å². The highest BCUT2D eigenvalue weighted by Crippen LogP contribution is 2.50. The Balaban J connectivity index is 2.18. The van der Waals surface area contributed by atoms with E-state index in [1.165, 1.54) is 38.8 Å². The lowest BCUT2D eigenvalue weighted by Gasteiger charge is -2.47. The summed E-state index contributed by atoms with van der Waals surface area (Å²) in [5.41, 5.74) is 0.726. The van der Waals surface area contributed by atoms with Crippen molar-refractivity contribution in [2.45, 2.75) is 78.4 Å². The van der Waals surface area contributed by atoms with Crippen molar-refractivity contribution in [3.63, 3.8) is 0 Å². The fourth-order valence-electron chi connectivity index (χ4n) is 4.26. The van der Waals surface area contributed by atoms with Crippen molar-refractivity contribution in [3.8, 4) is 0 Å². The second kappa shape index (κ2) is 5.04. The van der Waals surface area contributed by atoms with Gasteiger partial charge in [0.2, 0.25) is 0 Å². The molecule has 2 nitrogen and oxygen atoms in total. The van der Waals surface area contributed by atoms with Crippen LogP contribution in [0, 0.1) is 11.3 Å². The molecule has 0 spiro atoms. The average Bonchev–Trinajstić information content (AvgIpc) is 2.72. The van der Waals surface area contributed by atoms with Crippen molar-refractivity contribution in [3.05, 3.63) is 0 Å². The van der Waals surface area contributed by atoms with Gasteiger partial charge in [-0.05, 0) is 65.0 Å². The molecule has 2 aliphatic rings. The maximum Gasteiger partial charge on any atom is 0.0598 e. The predicted molar refractivity (Wildman–Crippen MR) is 81.4 cm³/mol. The monoisotopic (exact) mass is 267 g/mol. The van der Waals surface area contributed by atoms with Crippen LogP contribution in [-0.2, 0) is 4.74 Å². The Morgan fingerprint density at radius 2 is 1.53 bits per heavy atom. The van der Waals surface area contributed by atoms with Gasteiger partial charge in [0.15, 0.2) is 0 Å². The first-order valence-electron chi connectivity index (χ1n) is 8.04. The SMILES string of the molecule is CC(C)(C)OCC(C(C)(C)C)C12CCCN1CCC2. The van der Waals surface area contributed by atoms with Crippen molar-refractivity contribution >= 4 is 0 Å². The van der Waals surface area contributed by atoms with Gasteiger partial charge in [0.1, 0.15) is 0 Å². The molecule has 1 unspecified atom stereocenters. The van der Waals surface area contributed by atoms with Crippen LogP contribution >= 0.6 is 0 Å². The molecular weight excluding hydrogens is 234 g/mol. The second-order valence-electron chi connectivity index (χ2n) is 8.64. The summed E-state index contributed by atoms with van der Waals surface area (Å²) in [5, 5.41) is 0. The Hall–Kier alpha value is -0.0800. The van der Waals surface area contributed by atoms with Crippen LogP contribution in [0.2, 0.25) is 0 Å². The normalized spacial score (nSPS) is 25.6. The van der Waals surface area contributed by atoms with Gasteiger partial charge in [0.05, 0.1) is 12.2 Å². The summed E-state index contributed by atoms with van der Waals surface area (Å²) < 4.78 is 6.21. The number of nitrogens with zero attached hydrogens (tertiary/aromatic N) is 1. The zero-order chi connectivity index (χ0) is 14.3. The van der Waals surface area contributed by atoms with E-state index in [1.54, 1.807) is 0 Å². The molecule has 0 N–H and O–H groups in total. The highest BCUT2D eigenvalue weighted by Gasteiger charge is 2.53. The number of hydrogen-bond acceptors (Lipinski definition) is 2. The van der Waals surface area contributed by atoms with Gasteiger partial charge in [-0.2, -0.15) is 0 Å². The summed E-state index contributed by atoms with van der Waals surface area (Å²) in [6.45, 7) is 17.2. The summed E-state index contributed by atoms with van der Waals surface area (Å²) in [7, 11) is 0. The molecule has 2 saturated heterocycles. The van der Waals surface area contributed by atoms with Crippen molar-refractivity contribution in [2.75, 3.05) is 19.7 Å². The molecule has 0 radical (unpaired) electrons. The summed E-state index contributed by atoms with van der Waals surface area (Å²) in [6.07, 6.45) is 5.51. The van der Waals surface area contributed by atoms with Gasteiger partial charge in [-0.15, -0.1) is 0 Å². The number of fused-ring (bicyclic) bond motifs is 1. The third kappa shape index (κ3) is 3.16. The maximum atomic E-state index is 6.21. The lowest BCUT2D eigenvalue weighted by Crippen LogP contribution is -2.52. The van der Waals surface area contributed by atoms with Gasteiger partial charge in [-0.1, -0.05) is 20.8 Å². The summed E-state index contributed by atoms with van der Waals surface area (Å²) in [4.78, 5) is 2.77. The number of hydrogen-bond donors (Lipinski definition) is 0. The van der Waals surface area contributed by atoms with Crippen LogP contribution in [0.25, 0.3) is 0 Å². The first-order chi connectivity index (χ1) is 8.65. The van der Waals surface area contributed by atoms with Crippen molar-refractivity contribution in [2.24, 2.45) is 11.3 Å². The second-order valence-corrected chi connectivity index (χ2v) is 8.64. The van der Waals surface area contributed by atoms with Crippen LogP contribution in [0.15, 0.2) is 0 Å². The Morgan fingerprint density at radius 3 is 1.95 bits per heavy atom. The third-order valence-corrected chi connectivity index (χ3v) is 5.08. The van der Waals surface area contributed by atoms with E-state index in [9.17, 15) is 0 Å². The summed E-state index contributed by atoms with van der Waals surface area (Å²) >= 11 is 0. The van der Waals surface area contributed by atoms with E-state index in [0.717, 1.165) is 6.61 Å². The minimum Gasteiger partial charge on any atom is -0.375 e. The molecule has 0 aliphatic carbocycles. The summed E-state index contributed by atoms with van der Waals surface area (Å²) in [6, 6.07) is 0. The highest BCUT2D eigenvalue weighted by molar-refractivity contribution is 5.07. The molecule has 2 aliphatic heterocycles. The molecule has 1 atom stereocenters. The van der Waals surface area contributed by atoms with Crippen LogP contribution < -0.4 is 0 Å². The molecule has 0 bridgehead atoms. The molecule has 0 aromatic rings. The van der Waals surface area contributed by atoms with Crippen LogP contribution in [0.1, 0.15) is 67.2 Å². The number of rotatable bonds is 3. The van der Waals surface area contributed by atoms with Gasteiger partial charge in [0, 0.05) is 11.5 Å². The lowest BCUT2D eigenvalue weighted by molar-refractivity contribution is -0.0805. The molecular formula is C17H33NO. The van der Waals surface area contributed by atoms with Gasteiger partial charge in [-0.25, -0.2) is 0 Å². The standard InChI is InChI=1S/C17H33NO/c1-15(2,3)14(13-19-16(4,5)6)17-9-7-11-18(17)12-8-10-17/h14H,7-13H2,1-6H3. The molecule has 112 valence electrons. The minimum absolute atomic E-state index is 0.0256. The van der Waals surface area contributed by atoms with E-state index < -0.39 is 0 Å². The van der Waals surface area contributed by atoms with Gasteiger partial charge in [-0.3, -0.25) is 4.90 Å². The summed E-state index contributed by atoms with van der Waals surface area (Å²) in [5.74, 6) is 0.643. The quantitative estimate of drug-likeness (QED) is 0.763. The Morgan fingerprint density at radius 1 is 1.00 bits per heavy atom. The average molecular weight is 267 g/mol. The van der Waals surface area contributed by atoms with E-state index in [1.807, 2.05) is 0 Å². The molecule has 0 aromatic carbocycles. The molecule has 2 heterocycles. The van der Waals surface area contributed by atoms with E-state index in [-0.39, 0.29) is 5.60 Å². The Kier molecular flexibility index (Phi) is 4.06. The lowest BCUT2D eigenvalue weighted by atomic mass is 9.67. The molecule has 2 fully saturated rings.